The standard InChI is InChI=1S/C9H9INO/c10-11-9(7-12)6-8-4-2-1-3-5-8/h1-5,9,11H,6H2. The molecule has 0 spiro atoms. The van der Waals surface area contributed by atoms with Crippen LogP contribution in [0.4, 0.5) is 0 Å². The van der Waals surface area contributed by atoms with Gasteiger partial charge in [-0.15, -0.1) is 0 Å². The molecule has 1 radical (unpaired) electrons. The number of hydrogen-bond donors (Lipinski definition) is 1. The van der Waals surface area contributed by atoms with Gasteiger partial charge in [0.1, 0.15) is 0 Å². The van der Waals surface area contributed by atoms with Crippen molar-refractivity contribution in [3.8, 4) is 0 Å². The Labute approximate surface area is 85.9 Å². The van der Waals surface area contributed by atoms with Crippen molar-refractivity contribution >= 4 is 29.2 Å². The van der Waals surface area contributed by atoms with Gasteiger partial charge in [0, 0.05) is 22.9 Å². The van der Waals surface area contributed by atoms with Gasteiger partial charge in [-0.1, -0.05) is 30.3 Å². The second kappa shape index (κ2) is 5.27. The van der Waals surface area contributed by atoms with Crippen molar-refractivity contribution in [2.24, 2.45) is 0 Å². The van der Waals surface area contributed by atoms with Crippen LogP contribution in [0.25, 0.3) is 0 Å². The first-order valence-corrected chi connectivity index (χ1v) is 4.72. The monoisotopic (exact) mass is 274 g/mol. The summed E-state index contributed by atoms with van der Waals surface area (Å²) in [6.45, 7) is 0. The van der Waals surface area contributed by atoms with Crippen molar-refractivity contribution < 1.29 is 4.79 Å². The molecule has 0 fully saturated rings. The van der Waals surface area contributed by atoms with Gasteiger partial charge in [0.15, 0.2) is 0 Å². The molecule has 63 valence electrons. The molecular weight excluding hydrogens is 265 g/mol. The Morgan fingerprint density at radius 1 is 1.42 bits per heavy atom. The number of benzene rings is 1. The second-order valence-electron chi connectivity index (χ2n) is 2.47. The summed E-state index contributed by atoms with van der Waals surface area (Å²) in [5.41, 5.74) is 1.15. The van der Waals surface area contributed by atoms with E-state index in [1.165, 1.54) is 0 Å². The highest BCUT2D eigenvalue weighted by Gasteiger charge is 2.05. The van der Waals surface area contributed by atoms with Crippen molar-refractivity contribution in [3.63, 3.8) is 0 Å². The Bertz CT molecular complexity index is 238. The average Bonchev–Trinajstić information content (AvgIpc) is 2.16. The molecule has 1 unspecified atom stereocenters. The first-order chi connectivity index (χ1) is 5.86. The maximum absolute atomic E-state index is 10.3. The van der Waals surface area contributed by atoms with Crippen molar-refractivity contribution in [1.29, 1.82) is 0 Å². The summed E-state index contributed by atoms with van der Waals surface area (Å²) in [6, 6.07) is 9.68. The fourth-order valence-electron chi connectivity index (χ4n) is 0.952. The SMILES string of the molecule is O=[C]C(Cc1ccccc1)NI. The molecule has 1 rings (SSSR count). The Morgan fingerprint density at radius 3 is 2.58 bits per heavy atom. The zero-order chi connectivity index (χ0) is 8.81. The minimum atomic E-state index is -0.201. The first-order valence-electron chi connectivity index (χ1n) is 3.64. The van der Waals surface area contributed by atoms with E-state index in [9.17, 15) is 4.79 Å². The number of rotatable bonds is 4. The van der Waals surface area contributed by atoms with Crippen LogP contribution in [0.1, 0.15) is 5.56 Å². The number of halogens is 1. The van der Waals surface area contributed by atoms with Crippen LogP contribution >= 0.6 is 22.9 Å². The van der Waals surface area contributed by atoms with Gasteiger partial charge < -0.3 is 0 Å². The average molecular weight is 274 g/mol. The third-order valence-corrected chi connectivity index (χ3v) is 2.31. The van der Waals surface area contributed by atoms with Crippen LogP contribution in [0, 0.1) is 0 Å². The molecule has 1 N–H and O–H groups in total. The van der Waals surface area contributed by atoms with E-state index in [-0.39, 0.29) is 6.04 Å². The zero-order valence-electron chi connectivity index (χ0n) is 6.46. The van der Waals surface area contributed by atoms with Gasteiger partial charge in [0.05, 0.1) is 6.04 Å². The molecule has 0 aromatic heterocycles. The zero-order valence-corrected chi connectivity index (χ0v) is 8.61. The molecule has 0 heterocycles. The van der Waals surface area contributed by atoms with Crippen LogP contribution in [0.2, 0.25) is 0 Å². The lowest BCUT2D eigenvalue weighted by Crippen LogP contribution is -2.24. The largest absolute Gasteiger partial charge is 0.289 e. The van der Waals surface area contributed by atoms with E-state index in [0.717, 1.165) is 5.56 Å². The van der Waals surface area contributed by atoms with E-state index in [4.69, 9.17) is 0 Å². The Balaban J connectivity index is 2.56. The summed E-state index contributed by atoms with van der Waals surface area (Å²) in [5.74, 6) is 0. The summed E-state index contributed by atoms with van der Waals surface area (Å²) < 4.78 is 2.85. The van der Waals surface area contributed by atoms with E-state index >= 15 is 0 Å². The predicted molar refractivity (Wildman–Crippen MR) is 56.8 cm³/mol. The second-order valence-corrected chi connectivity index (χ2v) is 3.09. The van der Waals surface area contributed by atoms with Crippen LogP contribution in [-0.2, 0) is 11.2 Å². The van der Waals surface area contributed by atoms with Gasteiger partial charge >= 0.3 is 0 Å². The first kappa shape index (κ1) is 9.67. The number of nitrogens with one attached hydrogen (secondary N) is 1. The molecule has 0 aliphatic carbocycles. The van der Waals surface area contributed by atoms with E-state index in [2.05, 4.69) is 3.53 Å². The lowest BCUT2D eigenvalue weighted by Gasteiger charge is -2.05. The molecule has 1 aromatic rings. The fraction of sp³-hybridized carbons (Fsp3) is 0.222. The summed E-state index contributed by atoms with van der Waals surface area (Å²) in [4.78, 5) is 10.3. The highest BCUT2D eigenvalue weighted by Crippen LogP contribution is 2.02. The van der Waals surface area contributed by atoms with E-state index in [1.54, 1.807) is 0 Å². The van der Waals surface area contributed by atoms with Crippen molar-refractivity contribution in [1.82, 2.24) is 3.53 Å². The van der Waals surface area contributed by atoms with Gasteiger partial charge in [-0.25, -0.2) is 3.53 Å². The molecule has 12 heavy (non-hydrogen) atoms. The molecule has 2 nitrogen and oxygen atoms in total. The van der Waals surface area contributed by atoms with Gasteiger partial charge in [-0.3, -0.25) is 4.79 Å². The summed E-state index contributed by atoms with van der Waals surface area (Å²) in [5, 5.41) is 0. The lowest BCUT2D eigenvalue weighted by atomic mass is 10.1. The van der Waals surface area contributed by atoms with Gasteiger partial charge in [0.2, 0.25) is 6.29 Å². The van der Waals surface area contributed by atoms with E-state index in [1.807, 2.05) is 59.5 Å². The van der Waals surface area contributed by atoms with Crippen LogP contribution in [-0.4, -0.2) is 12.3 Å². The van der Waals surface area contributed by atoms with Crippen LogP contribution in [0.3, 0.4) is 0 Å². The summed E-state index contributed by atoms with van der Waals surface area (Å²) in [7, 11) is 0. The van der Waals surface area contributed by atoms with Gasteiger partial charge in [-0.2, -0.15) is 0 Å². The van der Waals surface area contributed by atoms with Gasteiger partial charge in [-0.05, 0) is 12.0 Å². The van der Waals surface area contributed by atoms with E-state index in [0.29, 0.717) is 6.42 Å². The van der Waals surface area contributed by atoms with Crippen molar-refractivity contribution in [3.05, 3.63) is 35.9 Å². The topological polar surface area (TPSA) is 29.1 Å². The Hall–Kier alpha value is -0.420. The Morgan fingerprint density at radius 2 is 2.08 bits per heavy atom. The van der Waals surface area contributed by atoms with Crippen LogP contribution < -0.4 is 3.53 Å². The van der Waals surface area contributed by atoms with E-state index < -0.39 is 0 Å². The molecular formula is C9H9INO. The minimum Gasteiger partial charge on any atom is -0.289 e. The van der Waals surface area contributed by atoms with Crippen molar-refractivity contribution in [2.45, 2.75) is 12.5 Å². The highest BCUT2D eigenvalue weighted by atomic mass is 127. The predicted octanol–water partition coefficient (Wildman–Crippen LogP) is 1.65. The highest BCUT2D eigenvalue weighted by molar-refractivity contribution is 14.1. The summed E-state index contributed by atoms with van der Waals surface area (Å²) in [6.07, 6.45) is 2.63. The van der Waals surface area contributed by atoms with Crippen LogP contribution in [0.15, 0.2) is 30.3 Å². The smallest absolute Gasteiger partial charge is 0.217 e. The number of hydrogen-bond acceptors (Lipinski definition) is 2. The normalized spacial score (nSPS) is 12.4. The Kier molecular flexibility index (Phi) is 4.24. The molecule has 0 saturated heterocycles. The molecule has 1 aromatic carbocycles. The maximum Gasteiger partial charge on any atom is 0.217 e. The lowest BCUT2D eigenvalue weighted by molar-refractivity contribution is 0.538. The fourth-order valence-corrected chi connectivity index (χ4v) is 1.30. The summed E-state index contributed by atoms with van der Waals surface area (Å²) >= 11 is 1.96. The quantitative estimate of drug-likeness (QED) is 0.668. The molecule has 1 atom stereocenters. The molecule has 3 heteroatoms. The molecule has 0 saturated carbocycles. The molecule has 0 amide bonds. The third-order valence-electron chi connectivity index (χ3n) is 1.56. The molecule has 0 aliphatic rings. The molecule has 0 aliphatic heterocycles. The number of carbonyl (C=O) groups excluding carboxylic acids is 1. The third kappa shape index (κ3) is 2.91. The molecule has 0 bridgehead atoms. The van der Waals surface area contributed by atoms with Crippen molar-refractivity contribution in [2.75, 3.05) is 0 Å². The maximum atomic E-state index is 10.3. The van der Waals surface area contributed by atoms with Crippen LogP contribution in [0.5, 0.6) is 0 Å². The van der Waals surface area contributed by atoms with Gasteiger partial charge in [0.25, 0.3) is 0 Å². The minimum absolute atomic E-state index is 0.201.